The Bertz CT molecular complexity index is 692. The van der Waals surface area contributed by atoms with Crippen molar-refractivity contribution in [3.05, 3.63) is 34.4 Å². The molecule has 1 atom stereocenters. The van der Waals surface area contributed by atoms with Crippen molar-refractivity contribution in [3.8, 4) is 0 Å². The predicted molar refractivity (Wildman–Crippen MR) is 93.1 cm³/mol. The van der Waals surface area contributed by atoms with Gasteiger partial charge in [-0.3, -0.25) is 29.6 Å². The van der Waals surface area contributed by atoms with Crippen molar-refractivity contribution >= 4 is 40.1 Å². The summed E-state index contributed by atoms with van der Waals surface area (Å²) in [5, 5.41) is 13.5. The van der Waals surface area contributed by atoms with E-state index in [0.717, 1.165) is 0 Å². The lowest BCUT2D eigenvalue weighted by atomic mass is 10.2. The van der Waals surface area contributed by atoms with Gasteiger partial charge in [-0.25, -0.2) is 0 Å². The first-order chi connectivity index (χ1) is 11.5. The minimum absolute atomic E-state index is 0.00851. The number of nitrogens with one attached hydrogen (secondary N) is 1. The molecule has 1 unspecified atom stereocenters. The summed E-state index contributed by atoms with van der Waals surface area (Å²) in [5.41, 5.74) is 0.230. The van der Waals surface area contributed by atoms with E-state index in [2.05, 4.69) is 10.3 Å². The highest BCUT2D eigenvalue weighted by molar-refractivity contribution is 8.15. The van der Waals surface area contributed by atoms with Gasteiger partial charge in [-0.1, -0.05) is 17.8 Å². The number of carbonyl (C=O) groups excluding carboxylic acids is 2. The van der Waals surface area contributed by atoms with Crippen LogP contribution in [-0.4, -0.2) is 45.1 Å². The van der Waals surface area contributed by atoms with Crippen LogP contribution in [0.25, 0.3) is 0 Å². The maximum absolute atomic E-state index is 12.3. The van der Waals surface area contributed by atoms with Gasteiger partial charge in [-0.05, 0) is 19.9 Å². The molecule has 1 aromatic rings. The van der Waals surface area contributed by atoms with Crippen molar-refractivity contribution < 1.29 is 14.5 Å². The summed E-state index contributed by atoms with van der Waals surface area (Å²) in [6.07, 6.45) is -0.00851. The Morgan fingerprint density at radius 3 is 2.83 bits per heavy atom. The number of benzene rings is 1. The van der Waals surface area contributed by atoms with Crippen LogP contribution >= 0.6 is 11.8 Å². The first kappa shape index (κ1) is 17.9. The van der Waals surface area contributed by atoms with Crippen LogP contribution in [0.4, 0.5) is 11.4 Å². The molecule has 0 saturated carbocycles. The molecule has 1 saturated heterocycles. The highest BCUT2D eigenvalue weighted by Gasteiger charge is 2.38. The molecule has 2 rings (SSSR count). The molecule has 0 aromatic heterocycles. The molecular formula is C15H18N4O4S. The molecule has 24 heavy (non-hydrogen) atoms. The van der Waals surface area contributed by atoms with E-state index in [4.69, 9.17) is 0 Å². The van der Waals surface area contributed by atoms with Gasteiger partial charge in [0.2, 0.25) is 11.8 Å². The minimum atomic E-state index is -0.529. The quantitative estimate of drug-likeness (QED) is 0.626. The number of rotatable bonds is 6. The Kier molecular flexibility index (Phi) is 5.91. The van der Waals surface area contributed by atoms with Gasteiger partial charge >= 0.3 is 0 Å². The second-order valence-electron chi connectivity index (χ2n) is 5.01. The Balaban J connectivity index is 2.02. The number of non-ortho nitro benzene ring substituents is 1. The number of thioether (sulfide) groups is 1. The SMILES string of the molecule is CCN=C1SC(CC(=O)Nc2cccc([N+](=O)[O-])c2)C(=O)N1CC. The zero-order valence-corrected chi connectivity index (χ0v) is 14.2. The fourth-order valence-corrected chi connectivity index (χ4v) is 3.53. The number of amidine groups is 1. The van der Waals surface area contributed by atoms with E-state index in [1.54, 1.807) is 11.0 Å². The predicted octanol–water partition coefficient (Wildman–Crippen LogP) is 2.26. The van der Waals surface area contributed by atoms with Crippen molar-refractivity contribution in [2.24, 2.45) is 4.99 Å². The molecule has 0 bridgehead atoms. The van der Waals surface area contributed by atoms with Crippen LogP contribution in [-0.2, 0) is 9.59 Å². The van der Waals surface area contributed by atoms with Crippen LogP contribution in [0.1, 0.15) is 20.3 Å². The molecule has 9 heteroatoms. The number of carbonyl (C=O) groups is 2. The molecule has 1 aromatic carbocycles. The fraction of sp³-hybridized carbons (Fsp3) is 0.400. The van der Waals surface area contributed by atoms with Crippen LogP contribution < -0.4 is 5.32 Å². The number of nitrogens with zero attached hydrogens (tertiary/aromatic N) is 3. The fourth-order valence-electron chi connectivity index (χ4n) is 2.26. The monoisotopic (exact) mass is 350 g/mol. The average molecular weight is 350 g/mol. The molecule has 8 nitrogen and oxygen atoms in total. The van der Waals surface area contributed by atoms with Gasteiger partial charge in [0, 0.05) is 37.3 Å². The van der Waals surface area contributed by atoms with Crippen molar-refractivity contribution in [3.63, 3.8) is 0 Å². The highest BCUT2D eigenvalue weighted by atomic mass is 32.2. The topological polar surface area (TPSA) is 105 Å². The lowest BCUT2D eigenvalue weighted by Crippen LogP contribution is -2.33. The van der Waals surface area contributed by atoms with Crippen LogP contribution in [0.5, 0.6) is 0 Å². The van der Waals surface area contributed by atoms with E-state index in [1.165, 1.54) is 30.0 Å². The maximum atomic E-state index is 12.3. The summed E-state index contributed by atoms with van der Waals surface area (Å²) >= 11 is 1.28. The molecule has 1 aliphatic rings. The lowest BCUT2D eigenvalue weighted by Gasteiger charge is -2.13. The van der Waals surface area contributed by atoms with Gasteiger partial charge in [0.15, 0.2) is 5.17 Å². The van der Waals surface area contributed by atoms with E-state index in [-0.39, 0.29) is 23.9 Å². The Hall–Kier alpha value is -2.42. The van der Waals surface area contributed by atoms with Crippen molar-refractivity contribution in [1.29, 1.82) is 0 Å². The largest absolute Gasteiger partial charge is 0.326 e. The zero-order chi connectivity index (χ0) is 17.7. The summed E-state index contributed by atoms with van der Waals surface area (Å²) in [7, 11) is 0. The van der Waals surface area contributed by atoms with Crippen molar-refractivity contribution in [2.45, 2.75) is 25.5 Å². The normalized spacial score (nSPS) is 18.9. The standard InChI is InChI=1S/C15H18N4O4S/c1-3-16-15-18(4-2)14(21)12(24-15)9-13(20)17-10-6-5-7-11(8-10)19(22)23/h5-8,12H,3-4,9H2,1-2H3,(H,17,20). The second-order valence-corrected chi connectivity index (χ2v) is 6.18. The first-order valence-corrected chi connectivity index (χ1v) is 8.41. The van der Waals surface area contributed by atoms with E-state index >= 15 is 0 Å². The minimum Gasteiger partial charge on any atom is -0.326 e. The van der Waals surface area contributed by atoms with Gasteiger partial charge in [-0.15, -0.1) is 0 Å². The summed E-state index contributed by atoms with van der Waals surface area (Å²) in [6, 6.07) is 5.69. The third kappa shape index (κ3) is 4.10. The number of hydrogen-bond acceptors (Lipinski definition) is 6. The molecule has 0 radical (unpaired) electrons. The summed E-state index contributed by atoms with van der Waals surface area (Å²) in [4.78, 5) is 40.5. The number of nitro groups is 1. The molecule has 1 N–H and O–H groups in total. The van der Waals surface area contributed by atoms with Gasteiger partial charge < -0.3 is 5.32 Å². The molecule has 1 fully saturated rings. The van der Waals surface area contributed by atoms with Crippen LogP contribution in [0, 0.1) is 10.1 Å². The van der Waals surface area contributed by atoms with E-state index < -0.39 is 10.2 Å². The number of nitro benzene ring substituents is 1. The maximum Gasteiger partial charge on any atom is 0.271 e. The van der Waals surface area contributed by atoms with Crippen molar-refractivity contribution in [2.75, 3.05) is 18.4 Å². The summed E-state index contributed by atoms with van der Waals surface area (Å²) < 4.78 is 0. The highest BCUT2D eigenvalue weighted by Crippen LogP contribution is 2.29. The van der Waals surface area contributed by atoms with Crippen LogP contribution in [0.3, 0.4) is 0 Å². The summed E-state index contributed by atoms with van der Waals surface area (Å²) in [6.45, 7) is 4.82. The molecule has 2 amide bonds. The third-order valence-corrected chi connectivity index (χ3v) is 4.55. The smallest absolute Gasteiger partial charge is 0.271 e. The summed E-state index contributed by atoms with van der Waals surface area (Å²) in [5.74, 6) is -0.501. The molecule has 0 aliphatic carbocycles. The first-order valence-electron chi connectivity index (χ1n) is 7.53. The van der Waals surface area contributed by atoms with Gasteiger partial charge in [0.25, 0.3) is 5.69 Å². The zero-order valence-electron chi connectivity index (χ0n) is 13.4. The molecule has 1 aliphatic heterocycles. The molecule has 128 valence electrons. The number of amides is 2. The van der Waals surface area contributed by atoms with Crippen LogP contribution in [0.15, 0.2) is 29.3 Å². The molecule has 0 spiro atoms. The van der Waals surface area contributed by atoms with Gasteiger partial charge in [-0.2, -0.15) is 0 Å². The van der Waals surface area contributed by atoms with Crippen LogP contribution in [0.2, 0.25) is 0 Å². The number of hydrogen-bond donors (Lipinski definition) is 1. The molecule has 1 heterocycles. The van der Waals surface area contributed by atoms with E-state index in [1.807, 2.05) is 13.8 Å². The van der Waals surface area contributed by atoms with Gasteiger partial charge in [0.1, 0.15) is 5.25 Å². The second kappa shape index (κ2) is 7.91. The Morgan fingerprint density at radius 2 is 2.21 bits per heavy atom. The van der Waals surface area contributed by atoms with Crippen molar-refractivity contribution in [1.82, 2.24) is 4.90 Å². The Labute approximate surface area is 143 Å². The van der Waals surface area contributed by atoms with Gasteiger partial charge in [0.05, 0.1) is 4.92 Å². The Morgan fingerprint density at radius 1 is 1.46 bits per heavy atom. The number of aliphatic imine (C=N–C) groups is 1. The molecular weight excluding hydrogens is 332 g/mol. The van der Waals surface area contributed by atoms with E-state index in [9.17, 15) is 19.7 Å². The number of anilines is 1. The van der Waals surface area contributed by atoms with E-state index in [0.29, 0.717) is 23.9 Å². The average Bonchev–Trinajstić information content (AvgIpc) is 2.83. The lowest BCUT2D eigenvalue weighted by molar-refractivity contribution is -0.384. The third-order valence-electron chi connectivity index (χ3n) is 3.34.